The Morgan fingerprint density at radius 2 is 1.97 bits per heavy atom. The Morgan fingerprint density at radius 3 is 2.56 bits per heavy atom. The summed E-state index contributed by atoms with van der Waals surface area (Å²) in [5, 5.41) is 13.3. The summed E-state index contributed by atoms with van der Waals surface area (Å²) >= 11 is 1.10. The fraction of sp³-hybridized carbons (Fsp3) is 0.190. The number of hydrogen-bond acceptors (Lipinski definition) is 8. The van der Waals surface area contributed by atoms with Gasteiger partial charge in [0.15, 0.2) is 0 Å². The number of hydrogen-bond donors (Lipinski definition) is 1. The highest BCUT2D eigenvalue weighted by molar-refractivity contribution is 7.89. The highest BCUT2D eigenvalue weighted by Gasteiger charge is 2.26. The Kier molecular flexibility index (Phi) is 7.09. The highest BCUT2D eigenvalue weighted by Crippen LogP contribution is 2.36. The Morgan fingerprint density at radius 1 is 1.25 bits per heavy atom. The maximum absolute atomic E-state index is 12.7. The number of nitrogens with zero attached hydrogens (tertiary/aromatic N) is 2. The van der Waals surface area contributed by atoms with Crippen LogP contribution in [0.3, 0.4) is 0 Å². The summed E-state index contributed by atoms with van der Waals surface area (Å²) in [5.41, 5.74) is 0.922. The summed E-state index contributed by atoms with van der Waals surface area (Å²) in [7, 11) is -2.69. The standard InChI is InChI=1S/C21H19N3O6S2/c1-3-29-21(26)19-16(17-5-4-10-30-17)13-31-20(19)23-18(25)12-24(2)32(27,28)15-8-6-14(11-22)7-9-15/h4-10,13H,3,12H2,1-2H3,(H,23,25). The normalized spacial score (nSPS) is 11.2. The van der Waals surface area contributed by atoms with Gasteiger partial charge in [0.05, 0.1) is 35.9 Å². The fourth-order valence-corrected chi connectivity index (χ4v) is 4.88. The number of thiophene rings is 1. The number of benzene rings is 1. The number of sulfonamides is 1. The van der Waals surface area contributed by atoms with Crippen LogP contribution in [0.2, 0.25) is 0 Å². The van der Waals surface area contributed by atoms with E-state index in [1.807, 2.05) is 6.07 Å². The van der Waals surface area contributed by atoms with E-state index >= 15 is 0 Å². The molecule has 32 heavy (non-hydrogen) atoms. The van der Waals surface area contributed by atoms with Crippen molar-refractivity contribution >= 4 is 38.2 Å². The Balaban J connectivity index is 1.79. The van der Waals surface area contributed by atoms with Crippen molar-refractivity contribution in [2.24, 2.45) is 0 Å². The van der Waals surface area contributed by atoms with E-state index in [9.17, 15) is 18.0 Å². The van der Waals surface area contributed by atoms with E-state index in [1.54, 1.807) is 24.4 Å². The molecule has 3 aromatic rings. The maximum Gasteiger partial charge on any atom is 0.341 e. The van der Waals surface area contributed by atoms with Crippen molar-refractivity contribution in [1.29, 1.82) is 5.26 Å². The number of carbonyl (C=O) groups excluding carboxylic acids is 2. The lowest BCUT2D eigenvalue weighted by atomic mass is 10.1. The fourth-order valence-electron chi connectivity index (χ4n) is 2.80. The van der Waals surface area contributed by atoms with Gasteiger partial charge in [-0.3, -0.25) is 4.79 Å². The number of carbonyl (C=O) groups is 2. The molecule has 0 aliphatic carbocycles. The minimum absolute atomic E-state index is 0.0461. The molecule has 9 nitrogen and oxygen atoms in total. The maximum atomic E-state index is 12.7. The molecule has 0 saturated heterocycles. The summed E-state index contributed by atoms with van der Waals surface area (Å²) < 4.78 is 36.8. The van der Waals surface area contributed by atoms with E-state index in [4.69, 9.17) is 14.4 Å². The first-order valence-corrected chi connectivity index (χ1v) is 11.7. The second kappa shape index (κ2) is 9.78. The van der Waals surface area contributed by atoms with Crippen LogP contribution in [0.1, 0.15) is 22.8 Å². The minimum atomic E-state index is -3.96. The van der Waals surface area contributed by atoms with Gasteiger partial charge in [0.1, 0.15) is 16.3 Å². The molecular formula is C21H19N3O6S2. The van der Waals surface area contributed by atoms with Gasteiger partial charge in [0.25, 0.3) is 0 Å². The Hall–Kier alpha value is -3.46. The van der Waals surface area contributed by atoms with Gasteiger partial charge in [0.2, 0.25) is 15.9 Å². The van der Waals surface area contributed by atoms with E-state index < -0.39 is 28.4 Å². The third kappa shape index (κ3) is 4.88. The smallest absolute Gasteiger partial charge is 0.341 e. The SMILES string of the molecule is CCOC(=O)c1c(-c2ccco2)csc1NC(=O)CN(C)S(=O)(=O)c1ccc(C#N)cc1. The molecule has 2 aromatic heterocycles. The third-order valence-electron chi connectivity index (χ3n) is 4.37. The van der Waals surface area contributed by atoms with Crippen molar-refractivity contribution in [3.63, 3.8) is 0 Å². The van der Waals surface area contributed by atoms with Gasteiger partial charge in [-0.05, 0) is 43.3 Å². The van der Waals surface area contributed by atoms with E-state index in [-0.39, 0.29) is 22.1 Å². The van der Waals surface area contributed by atoms with Gasteiger partial charge in [-0.25, -0.2) is 13.2 Å². The molecular weight excluding hydrogens is 454 g/mol. The van der Waals surface area contributed by atoms with Gasteiger partial charge >= 0.3 is 5.97 Å². The highest BCUT2D eigenvalue weighted by atomic mass is 32.2. The monoisotopic (exact) mass is 473 g/mol. The number of amides is 1. The van der Waals surface area contributed by atoms with E-state index in [0.29, 0.717) is 16.9 Å². The second-order valence-electron chi connectivity index (χ2n) is 6.50. The molecule has 2 heterocycles. The first kappa shape index (κ1) is 23.2. The van der Waals surface area contributed by atoms with Crippen molar-refractivity contribution in [2.45, 2.75) is 11.8 Å². The average molecular weight is 474 g/mol. The summed E-state index contributed by atoms with van der Waals surface area (Å²) in [5.74, 6) is -0.831. The topological polar surface area (TPSA) is 130 Å². The zero-order valence-corrected chi connectivity index (χ0v) is 18.8. The van der Waals surface area contributed by atoms with Crippen molar-refractivity contribution in [3.05, 3.63) is 59.2 Å². The van der Waals surface area contributed by atoms with Crippen LogP contribution in [-0.2, 0) is 19.6 Å². The molecule has 0 saturated carbocycles. The van der Waals surface area contributed by atoms with Crippen molar-refractivity contribution in [3.8, 4) is 17.4 Å². The quantitative estimate of drug-likeness (QED) is 0.497. The first-order valence-electron chi connectivity index (χ1n) is 9.36. The Bertz CT molecular complexity index is 1260. The molecule has 11 heteroatoms. The predicted octanol–water partition coefficient (Wildman–Crippen LogP) is 3.32. The number of anilines is 1. The van der Waals surface area contributed by atoms with Crippen LogP contribution in [0.15, 0.2) is 57.4 Å². The van der Waals surface area contributed by atoms with Crippen LogP contribution < -0.4 is 5.32 Å². The zero-order valence-electron chi connectivity index (χ0n) is 17.2. The second-order valence-corrected chi connectivity index (χ2v) is 9.42. The van der Waals surface area contributed by atoms with E-state index in [2.05, 4.69) is 5.32 Å². The molecule has 3 rings (SSSR count). The molecule has 1 aromatic carbocycles. The number of furan rings is 1. The molecule has 0 radical (unpaired) electrons. The predicted molar refractivity (Wildman–Crippen MR) is 118 cm³/mol. The van der Waals surface area contributed by atoms with Crippen LogP contribution >= 0.6 is 11.3 Å². The van der Waals surface area contributed by atoms with Crippen LogP contribution in [-0.4, -0.2) is 44.8 Å². The lowest BCUT2D eigenvalue weighted by Gasteiger charge is -2.17. The first-order chi connectivity index (χ1) is 15.3. The molecule has 0 unspecified atom stereocenters. The van der Waals surface area contributed by atoms with Crippen molar-refractivity contribution in [2.75, 3.05) is 25.5 Å². The van der Waals surface area contributed by atoms with E-state index in [0.717, 1.165) is 15.6 Å². The number of ether oxygens (including phenoxy) is 1. The largest absolute Gasteiger partial charge is 0.464 e. The molecule has 166 valence electrons. The Labute approximate surface area is 188 Å². The van der Waals surface area contributed by atoms with Crippen LogP contribution in [0.5, 0.6) is 0 Å². The number of esters is 1. The third-order valence-corrected chi connectivity index (χ3v) is 7.08. The zero-order chi connectivity index (χ0) is 23.3. The minimum Gasteiger partial charge on any atom is -0.464 e. The lowest BCUT2D eigenvalue weighted by molar-refractivity contribution is -0.116. The lowest BCUT2D eigenvalue weighted by Crippen LogP contribution is -2.35. The van der Waals surface area contributed by atoms with Crippen LogP contribution in [0.4, 0.5) is 5.00 Å². The van der Waals surface area contributed by atoms with Gasteiger partial charge in [-0.1, -0.05) is 0 Å². The number of nitrogens with one attached hydrogen (secondary N) is 1. The molecule has 0 fully saturated rings. The molecule has 0 aliphatic rings. The van der Waals surface area contributed by atoms with Crippen LogP contribution in [0.25, 0.3) is 11.3 Å². The van der Waals surface area contributed by atoms with Gasteiger partial charge < -0.3 is 14.5 Å². The molecule has 0 bridgehead atoms. The van der Waals surface area contributed by atoms with Gasteiger partial charge in [-0.15, -0.1) is 11.3 Å². The number of likely N-dealkylation sites (N-methyl/N-ethyl adjacent to an activating group) is 1. The molecule has 0 spiro atoms. The van der Waals surface area contributed by atoms with Crippen LogP contribution in [0, 0.1) is 11.3 Å². The van der Waals surface area contributed by atoms with Crippen molar-refractivity contribution < 1.29 is 27.2 Å². The summed E-state index contributed by atoms with van der Waals surface area (Å²) in [4.78, 5) is 25.1. The molecule has 1 N–H and O–H groups in total. The summed E-state index contributed by atoms with van der Waals surface area (Å²) in [6, 6.07) is 10.6. The van der Waals surface area contributed by atoms with E-state index in [1.165, 1.54) is 37.6 Å². The summed E-state index contributed by atoms with van der Waals surface area (Å²) in [6.07, 6.45) is 1.46. The van der Waals surface area contributed by atoms with Gasteiger partial charge in [0, 0.05) is 18.0 Å². The van der Waals surface area contributed by atoms with Gasteiger partial charge in [-0.2, -0.15) is 9.57 Å². The molecule has 1 amide bonds. The number of nitriles is 1. The summed E-state index contributed by atoms with van der Waals surface area (Å²) in [6.45, 7) is 1.32. The average Bonchev–Trinajstić information content (AvgIpc) is 3.43. The molecule has 0 atom stereocenters. The number of rotatable bonds is 8. The van der Waals surface area contributed by atoms with Crippen molar-refractivity contribution in [1.82, 2.24) is 4.31 Å². The molecule has 0 aliphatic heterocycles.